The highest BCUT2D eigenvalue weighted by atomic mass is 16.4. The molecule has 1 unspecified atom stereocenters. The quantitative estimate of drug-likeness (QED) is 0.842. The fourth-order valence-electron chi connectivity index (χ4n) is 1.73. The van der Waals surface area contributed by atoms with Crippen molar-refractivity contribution in [3.8, 4) is 0 Å². The topological polar surface area (TPSA) is 74.6 Å². The molecule has 0 heterocycles. The molecule has 0 radical (unpaired) electrons. The van der Waals surface area contributed by atoms with E-state index in [9.17, 15) is 9.59 Å². The van der Waals surface area contributed by atoms with Crippen LogP contribution in [0.2, 0.25) is 0 Å². The largest absolute Gasteiger partial charge is 0.478 e. The van der Waals surface area contributed by atoms with E-state index in [0.29, 0.717) is 5.56 Å². The molecule has 0 bridgehead atoms. The summed E-state index contributed by atoms with van der Waals surface area (Å²) in [5.41, 5.74) is 0.330. The first-order valence-electron chi connectivity index (χ1n) is 5.45. The molecular formula is C13H16O4. The van der Waals surface area contributed by atoms with E-state index in [1.165, 1.54) is 6.07 Å². The Balaban J connectivity index is 3.45. The fraction of sp³-hybridized carbons (Fsp3) is 0.385. The van der Waals surface area contributed by atoms with Gasteiger partial charge in [-0.25, -0.2) is 9.59 Å². The van der Waals surface area contributed by atoms with Gasteiger partial charge in [0, 0.05) is 0 Å². The predicted octanol–water partition coefficient (Wildman–Crippen LogP) is 2.84. The number of carbonyl (C=O) groups is 2. The standard InChI is InChI=1S/C13H16O4/c1-7(2)8(3)9-5-4-6-10(12(14)15)11(9)13(16)17/h4-8H,1-3H3,(H,14,15)(H,16,17). The summed E-state index contributed by atoms with van der Waals surface area (Å²) in [6.45, 7) is 5.85. The van der Waals surface area contributed by atoms with Crippen LogP contribution in [0.5, 0.6) is 0 Å². The second-order valence-electron chi connectivity index (χ2n) is 4.41. The van der Waals surface area contributed by atoms with Gasteiger partial charge in [0.1, 0.15) is 0 Å². The second-order valence-corrected chi connectivity index (χ2v) is 4.41. The lowest BCUT2D eigenvalue weighted by molar-refractivity contribution is 0.0650. The van der Waals surface area contributed by atoms with Crippen LogP contribution in [0.4, 0.5) is 0 Å². The van der Waals surface area contributed by atoms with Gasteiger partial charge < -0.3 is 10.2 Å². The summed E-state index contributed by atoms with van der Waals surface area (Å²) in [5.74, 6) is -2.15. The molecule has 17 heavy (non-hydrogen) atoms. The third kappa shape index (κ3) is 2.64. The maximum atomic E-state index is 11.2. The van der Waals surface area contributed by atoms with Crippen LogP contribution in [0.15, 0.2) is 18.2 Å². The molecule has 0 aliphatic rings. The van der Waals surface area contributed by atoms with Crippen molar-refractivity contribution in [3.05, 3.63) is 34.9 Å². The molecule has 0 spiro atoms. The molecule has 1 aromatic rings. The SMILES string of the molecule is CC(C)C(C)c1cccc(C(=O)O)c1C(=O)O. The third-order valence-electron chi connectivity index (χ3n) is 3.03. The van der Waals surface area contributed by atoms with Crippen molar-refractivity contribution in [1.82, 2.24) is 0 Å². The molecule has 0 aliphatic carbocycles. The van der Waals surface area contributed by atoms with Gasteiger partial charge in [-0.1, -0.05) is 32.9 Å². The van der Waals surface area contributed by atoms with Gasteiger partial charge >= 0.3 is 11.9 Å². The van der Waals surface area contributed by atoms with E-state index in [1.807, 2.05) is 20.8 Å². The zero-order chi connectivity index (χ0) is 13.2. The van der Waals surface area contributed by atoms with Gasteiger partial charge in [0.15, 0.2) is 0 Å². The Labute approximate surface area is 99.9 Å². The van der Waals surface area contributed by atoms with E-state index in [1.54, 1.807) is 12.1 Å². The molecule has 4 heteroatoms. The van der Waals surface area contributed by atoms with Crippen LogP contribution < -0.4 is 0 Å². The average molecular weight is 236 g/mol. The number of carboxylic acid groups (broad SMARTS) is 2. The molecule has 0 saturated carbocycles. The van der Waals surface area contributed by atoms with Crippen molar-refractivity contribution in [1.29, 1.82) is 0 Å². The molecule has 1 aromatic carbocycles. The van der Waals surface area contributed by atoms with Gasteiger partial charge in [0.05, 0.1) is 11.1 Å². The first-order chi connectivity index (χ1) is 7.86. The molecule has 1 rings (SSSR count). The molecule has 0 aromatic heterocycles. The Morgan fingerprint density at radius 1 is 1.06 bits per heavy atom. The number of benzene rings is 1. The fourth-order valence-corrected chi connectivity index (χ4v) is 1.73. The van der Waals surface area contributed by atoms with Crippen LogP contribution in [0.1, 0.15) is 53.0 Å². The Morgan fingerprint density at radius 2 is 1.65 bits per heavy atom. The lowest BCUT2D eigenvalue weighted by Crippen LogP contribution is -2.15. The van der Waals surface area contributed by atoms with E-state index < -0.39 is 11.9 Å². The molecule has 4 nitrogen and oxygen atoms in total. The highest BCUT2D eigenvalue weighted by Gasteiger charge is 2.23. The van der Waals surface area contributed by atoms with Crippen molar-refractivity contribution >= 4 is 11.9 Å². The summed E-state index contributed by atoms with van der Waals surface area (Å²) in [4.78, 5) is 22.2. The van der Waals surface area contributed by atoms with E-state index >= 15 is 0 Å². The summed E-state index contributed by atoms with van der Waals surface area (Å²) in [6.07, 6.45) is 0. The van der Waals surface area contributed by atoms with Crippen LogP contribution in [0, 0.1) is 5.92 Å². The van der Waals surface area contributed by atoms with Crippen LogP contribution in [0.3, 0.4) is 0 Å². The van der Waals surface area contributed by atoms with E-state index in [4.69, 9.17) is 10.2 Å². The first-order valence-corrected chi connectivity index (χ1v) is 5.45. The zero-order valence-corrected chi connectivity index (χ0v) is 10.1. The summed E-state index contributed by atoms with van der Waals surface area (Å²) in [7, 11) is 0. The third-order valence-corrected chi connectivity index (χ3v) is 3.03. The Hall–Kier alpha value is -1.84. The van der Waals surface area contributed by atoms with Crippen molar-refractivity contribution in [2.24, 2.45) is 5.92 Å². The van der Waals surface area contributed by atoms with Gasteiger partial charge in [-0.15, -0.1) is 0 Å². The van der Waals surface area contributed by atoms with Crippen LogP contribution in [0.25, 0.3) is 0 Å². The molecule has 0 fully saturated rings. The summed E-state index contributed by atoms with van der Waals surface area (Å²) < 4.78 is 0. The second kappa shape index (κ2) is 4.99. The maximum Gasteiger partial charge on any atom is 0.336 e. The zero-order valence-electron chi connectivity index (χ0n) is 10.1. The smallest absolute Gasteiger partial charge is 0.336 e. The molecule has 92 valence electrons. The van der Waals surface area contributed by atoms with E-state index in [2.05, 4.69) is 0 Å². The minimum Gasteiger partial charge on any atom is -0.478 e. The van der Waals surface area contributed by atoms with Crippen molar-refractivity contribution in [2.75, 3.05) is 0 Å². The predicted molar refractivity (Wildman–Crippen MR) is 63.6 cm³/mol. The highest BCUT2D eigenvalue weighted by Crippen LogP contribution is 2.28. The molecule has 0 aliphatic heterocycles. The Kier molecular flexibility index (Phi) is 3.89. The van der Waals surface area contributed by atoms with Crippen LogP contribution in [-0.2, 0) is 0 Å². The van der Waals surface area contributed by atoms with Gasteiger partial charge in [-0.3, -0.25) is 0 Å². The number of aromatic carboxylic acids is 2. The Bertz CT molecular complexity index is 449. The van der Waals surface area contributed by atoms with Gasteiger partial charge in [-0.05, 0) is 23.5 Å². The molecule has 1 atom stereocenters. The summed E-state index contributed by atoms with van der Waals surface area (Å²) in [6, 6.07) is 4.59. The van der Waals surface area contributed by atoms with Crippen LogP contribution >= 0.6 is 0 Å². The van der Waals surface area contributed by atoms with Gasteiger partial charge in [0.2, 0.25) is 0 Å². The van der Waals surface area contributed by atoms with Crippen molar-refractivity contribution in [3.63, 3.8) is 0 Å². The summed E-state index contributed by atoms with van der Waals surface area (Å²) in [5, 5.41) is 18.2. The first kappa shape index (κ1) is 13.2. The Morgan fingerprint density at radius 3 is 2.06 bits per heavy atom. The number of carboxylic acids is 2. The highest BCUT2D eigenvalue weighted by molar-refractivity contribution is 6.02. The lowest BCUT2D eigenvalue weighted by Gasteiger charge is -2.19. The lowest BCUT2D eigenvalue weighted by atomic mass is 9.85. The summed E-state index contributed by atoms with van der Waals surface area (Å²) >= 11 is 0. The number of hydrogen-bond acceptors (Lipinski definition) is 2. The van der Waals surface area contributed by atoms with Gasteiger partial charge in [0.25, 0.3) is 0 Å². The van der Waals surface area contributed by atoms with Gasteiger partial charge in [-0.2, -0.15) is 0 Å². The average Bonchev–Trinajstić information content (AvgIpc) is 2.26. The normalized spacial score (nSPS) is 12.5. The molecular weight excluding hydrogens is 220 g/mol. The molecule has 0 amide bonds. The van der Waals surface area contributed by atoms with E-state index in [0.717, 1.165) is 0 Å². The molecule has 0 saturated heterocycles. The van der Waals surface area contributed by atoms with E-state index in [-0.39, 0.29) is 23.0 Å². The minimum atomic E-state index is -1.21. The van der Waals surface area contributed by atoms with Crippen molar-refractivity contribution < 1.29 is 19.8 Å². The molecule has 2 N–H and O–H groups in total. The monoisotopic (exact) mass is 236 g/mol. The van der Waals surface area contributed by atoms with Crippen molar-refractivity contribution in [2.45, 2.75) is 26.7 Å². The maximum absolute atomic E-state index is 11.2. The minimum absolute atomic E-state index is 0.000370. The number of rotatable bonds is 4. The number of hydrogen-bond donors (Lipinski definition) is 2. The van der Waals surface area contributed by atoms with Crippen LogP contribution in [-0.4, -0.2) is 22.2 Å².